The van der Waals surface area contributed by atoms with Gasteiger partial charge in [0.2, 0.25) is 0 Å². The van der Waals surface area contributed by atoms with E-state index in [1.54, 1.807) is 0 Å². The number of carboxylic acids is 1. The van der Waals surface area contributed by atoms with Crippen LogP contribution in [0.15, 0.2) is 24.3 Å². The summed E-state index contributed by atoms with van der Waals surface area (Å²) in [6, 6.07) is 0. The summed E-state index contributed by atoms with van der Waals surface area (Å²) in [4.78, 5) is 10.5. The molecule has 0 aromatic rings. The smallest absolute Gasteiger partial charge is 0.303 e. The lowest BCUT2D eigenvalue weighted by molar-refractivity contribution is -0.137. The number of rotatable bonds is 12. The Bertz CT molecular complexity index is 471. The maximum atomic E-state index is 10.5. The molecule has 2 rings (SSSR count). The molecule has 2 N–H and O–H groups in total. The fourth-order valence-electron chi connectivity index (χ4n) is 4.24. The molecule has 4 nitrogen and oxygen atoms in total. The lowest BCUT2D eigenvalue weighted by Crippen LogP contribution is -2.34. The highest BCUT2D eigenvalue weighted by molar-refractivity contribution is 5.66. The van der Waals surface area contributed by atoms with Gasteiger partial charge in [-0.2, -0.15) is 0 Å². The van der Waals surface area contributed by atoms with Crippen LogP contribution in [0.1, 0.15) is 77.6 Å². The molecule has 148 valence electrons. The molecule has 3 unspecified atom stereocenters. The Kier molecular flexibility index (Phi) is 9.41. The third kappa shape index (κ3) is 7.24. The minimum absolute atomic E-state index is 0.239. The molecule has 0 radical (unpaired) electrons. The summed E-state index contributed by atoms with van der Waals surface area (Å²) in [6.07, 6.45) is 19.4. The van der Waals surface area contributed by atoms with Crippen molar-refractivity contribution >= 4 is 5.97 Å². The predicted octanol–water partition coefficient (Wildman–Crippen LogP) is 4.87. The van der Waals surface area contributed by atoms with Crippen LogP contribution in [0.4, 0.5) is 0 Å². The second-order valence-corrected chi connectivity index (χ2v) is 7.88. The summed E-state index contributed by atoms with van der Waals surface area (Å²) in [6.45, 7) is 2.18. The van der Waals surface area contributed by atoms with Crippen molar-refractivity contribution in [1.82, 2.24) is 0 Å². The SMILES string of the molecule is CCCCCC(O)/C=C/C1C[C@H]2CCC(O2)[C@@H]1C/C=C\CCCC(=O)O. The Morgan fingerprint density at radius 3 is 2.85 bits per heavy atom. The Morgan fingerprint density at radius 1 is 1.23 bits per heavy atom. The van der Waals surface area contributed by atoms with Crippen molar-refractivity contribution in [2.24, 2.45) is 11.8 Å². The second kappa shape index (κ2) is 11.6. The molecule has 0 aromatic heterocycles. The van der Waals surface area contributed by atoms with Crippen molar-refractivity contribution in [3.63, 3.8) is 0 Å². The van der Waals surface area contributed by atoms with Gasteiger partial charge in [-0.1, -0.05) is 50.5 Å². The van der Waals surface area contributed by atoms with Crippen LogP contribution in [0.25, 0.3) is 0 Å². The first-order valence-electron chi connectivity index (χ1n) is 10.5. The summed E-state index contributed by atoms with van der Waals surface area (Å²) >= 11 is 0. The fraction of sp³-hybridized carbons (Fsp3) is 0.773. The van der Waals surface area contributed by atoms with Gasteiger partial charge in [-0.05, 0) is 56.8 Å². The number of aliphatic carboxylic acids is 1. The molecule has 2 saturated heterocycles. The number of ether oxygens (including phenoxy) is 1. The van der Waals surface area contributed by atoms with E-state index in [2.05, 4.69) is 25.2 Å². The summed E-state index contributed by atoms with van der Waals surface area (Å²) in [7, 11) is 0. The van der Waals surface area contributed by atoms with Crippen molar-refractivity contribution in [2.45, 2.75) is 95.9 Å². The van der Waals surface area contributed by atoms with E-state index in [0.29, 0.717) is 30.5 Å². The maximum Gasteiger partial charge on any atom is 0.303 e. The van der Waals surface area contributed by atoms with Gasteiger partial charge in [-0.25, -0.2) is 0 Å². The molecule has 2 heterocycles. The number of aliphatic hydroxyl groups excluding tert-OH is 1. The predicted molar refractivity (Wildman–Crippen MR) is 104 cm³/mol. The van der Waals surface area contributed by atoms with E-state index >= 15 is 0 Å². The molecule has 4 heteroatoms. The van der Waals surface area contributed by atoms with Crippen LogP contribution < -0.4 is 0 Å². The van der Waals surface area contributed by atoms with Crippen molar-refractivity contribution in [3.05, 3.63) is 24.3 Å². The highest BCUT2D eigenvalue weighted by atomic mass is 16.5. The van der Waals surface area contributed by atoms with Crippen molar-refractivity contribution < 1.29 is 19.7 Å². The van der Waals surface area contributed by atoms with Crippen molar-refractivity contribution in [1.29, 1.82) is 0 Å². The number of carboxylic acid groups (broad SMARTS) is 1. The Labute approximate surface area is 158 Å². The molecular weight excluding hydrogens is 328 g/mol. The van der Waals surface area contributed by atoms with E-state index in [9.17, 15) is 9.90 Å². The van der Waals surface area contributed by atoms with Gasteiger partial charge >= 0.3 is 5.97 Å². The Morgan fingerprint density at radius 2 is 2.08 bits per heavy atom. The van der Waals surface area contributed by atoms with E-state index < -0.39 is 5.97 Å². The lowest BCUT2D eigenvalue weighted by Gasteiger charge is -2.35. The van der Waals surface area contributed by atoms with Crippen LogP contribution in [0, 0.1) is 11.8 Å². The molecule has 2 aliphatic heterocycles. The highest BCUT2D eigenvalue weighted by Gasteiger charge is 2.41. The highest BCUT2D eigenvalue weighted by Crippen LogP contribution is 2.42. The standard InChI is InChI=1S/C22H36O4/c1-2-3-6-9-18(23)13-12-17-16-19-14-15-21(26-19)20(17)10-7-4-5-8-11-22(24)25/h4,7,12-13,17-21,23H,2-3,5-6,8-11,14-16H2,1H3,(H,24,25)/b7-4-,13-12+/t17?,18?,19-,20-,21?/m1/s1. The Hall–Kier alpha value is -1.13. The zero-order valence-corrected chi connectivity index (χ0v) is 16.2. The van der Waals surface area contributed by atoms with Crippen LogP contribution in [-0.4, -0.2) is 34.5 Å². The normalized spacial score (nSPS) is 29.6. The molecule has 0 amide bonds. The van der Waals surface area contributed by atoms with Gasteiger partial charge in [-0.15, -0.1) is 0 Å². The fourth-order valence-corrected chi connectivity index (χ4v) is 4.24. The van der Waals surface area contributed by atoms with Gasteiger partial charge in [0.1, 0.15) is 0 Å². The third-order valence-corrected chi connectivity index (χ3v) is 5.72. The topological polar surface area (TPSA) is 66.8 Å². The van der Waals surface area contributed by atoms with Crippen molar-refractivity contribution in [2.75, 3.05) is 0 Å². The first kappa shape index (κ1) is 21.2. The maximum absolute atomic E-state index is 10.5. The first-order valence-corrected chi connectivity index (χ1v) is 10.5. The van der Waals surface area contributed by atoms with Gasteiger partial charge < -0.3 is 14.9 Å². The molecule has 2 fully saturated rings. The van der Waals surface area contributed by atoms with Gasteiger partial charge in [0.25, 0.3) is 0 Å². The first-order chi connectivity index (χ1) is 12.6. The minimum atomic E-state index is -0.723. The number of unbranched alkanes of at least 4 members (excludes halogenated alkanes) is 3. The number of aliphatic hydroxyl groups is 1. The minimum Gasteiger partial charge on any atom is -0.481 e. The van der Waals surface area contributed by atoms with Crippen LogP contribution >= 0.6 is 0 Å². The van der Waals surface area contributed by atoms with E-state index in [-0.39, 0.29) is 12.5 Å². The zero-order valence-electron chi connectivity index (χ0n) is 16.2. The lowest BCUT2D eigenvalue weighted by atomic mass is 9.81. The van der Waals surface area contributed by atoms with Crippen LogP contribution in [-0.2, 0) is 9.53 Å². The zero-order chi connectivity index (χ0) is 18.8. The summed E-state index contributed by atoms with van der Waals surface area (Å²) in [5.74, 6) is 0.230. The summed E-state index contributed by atoms with van der Waals surface area (Å²) < 4.78 is 6.13. The summed E-state index contributed by atoms with van der Waals surface area (Å²) in [5, 5.41) is 18.9. The molecule has 2 aliphatic rings. The number of hydrogen-bond donors (Lipinski definition) is 2. The van der Waals surface area contributed by atoms with Crippen LogP contribution in [0.5, 0.6) is 0 Å². The largest absolute Gasteiger partial charge is 0.481 e. The van der Waals surface area contributed by atoms with E-state index in [0.717, 1.165) is 44.9 Å². The molecule has 0 aromatic carbocycles. The van der Waals surface area contributed by atoms with Crippen molar-refractivity contribution in [3.8, 4) is 0 Å². The number of hydrogen-bond acceptors (Lipinski definition) is 3. The average Bonchev–Trinajstić information content (AvgIpc) is 3.00. The van der Waals surface area contributed by atoms with Gasteiger partial charge in [0.05, 0.1) is 18.3 Å². The molecule has 2 bridgehead atoms. The molecule has 0 spiro atoms. The number of fused-ring (bicyclic) bond motifs is 2. The number of allylic oxidation sites excluding steroid dienone is 3. The van der Waals surface area contributed by atoms with Gasteiger partial charge in [0, 0.05) is 6.42 Å². The van der Waals surface area contributed by atoms with Gasteiger partial charge in [-0.3, -0.25) is 4.79 Å². The average molecular weight is 365 g/mol. The molecule has 5 atom stereocenters. The molecule has 0 aliphatic carbocycles. The van der Waals surface area contributed by atoms with Crippen LogP contribution in [0.2, 0.25) is 0 Å². The monoisotopic (exact) mass is 364 g/mol. The van der Waals surface area contributed by atoms with E-state index in [1.807, 2.05) is 6.08 Å². The molecule has 0 saturated carbocycles. The Balaban J connectivity index is 1.82. The molecular formula is C22H36O4. The van der Waals surface area contributed by atoms with E-state index in [4.69, 9.17) is 9.84 Å². The summed E-state index contributed by atoms with van der Waals surface area (Å²) in [5.41, 5.74) is 0. The number of carbonyl (C=O) groups is 1. The second-order valence-electron chi connectivity index (χ2n) is 7.88. The van der Waals surface area contributed by atoms with Gasteiger partial charge in [0.15, 0.2) is 0 Å². The van der Waals surface area contributed by atoms with E-state index in [1.165, 1.54) is 12.8 Å². The van der Waals surface area contributed by atoms with Crippen LogP contribution in [0.3, 0.4) is 0 Å². The third-order valence-electron chi connectivity index (χ3n) is 5.72. The quantitative estimate of drug-likeness (QED) is 0.383. The molecule has 26 heavy (non-hydrogen) atoms.